The molecule has 0 aromatic heterocycles. The van der Waals surface area contributed by atoms with Crippen LogP contribution in [0.15, 0.2) is 18.2 Å². The fraction of sp³-hybridized carbons (Fsp3) is 0.600. The van der Waals surface area contributed by atoms with Crippen molar-refractivity contribution in [1.29, 1.82) is 0 Å². The summed E-state index contributed by atoms with van der Waals surface area (Å²) < 4.78 is 6.37. The predicted octanol–water partition coefficient (Wildman–Crippen LogP) is 2.53. The molecule has 1 aromatic rings. The van der Waals surface area contributed by atoms with Gasteiger partial charge in [0.25, 0.3) is 0 Å². The van der Waals surface area contributed by atoms with E-state index in [0.29, 0.717) is 6.04 Å². The van der Waals surface area contributed by atoms with E-state index >= 15 is 0 Å². The lowest BCUT2D eigenvalue weighted by Gasteiger charge is -2.42. The largest absolute Gasteiger partial charge is 0.364 e. The van der Waals surface area contributed by atoms with Crippen LogP contribution in [0.25, 0.3) is 0 Å². The SMILES string of the molecule is Cc1ccc2c(c1)C1(CC2)CNC(C)C(C)O1. The Hall–Kier alpha value is -0.860. The Balaban J connectivity index is 1.99. The molecule has 0 amide bonds. The van der Waals surface area contributed by atoms with E-state index < -0.39 is 0 Å². The minimum absolute atomic E-state index is 0.0622. The van der Waals surface area contributed by atoms with Crippen LogP contribution in [-0.4, -0.2) is 18.7 Å². The fourth-order valence-corrected chi connectivity index (χ4v) is 3.10. The van der Waals surface area contributed by atoms with Gasteiger partial charge in [-0.3, -0.25) is 0 Å². The van der Waals surface area contributed by atoms with Crippen molar-refractivity contribution in [3.05, 3.63) is 34.9 Å². The molecule has 0 bridgehead atoms. The van der Waals surface area contributed by atoms with Gasteiger partial charge in [-0.05, 0) is 44.7 Å². The molecular formula is C15H21NO. The maximum Gasteiger partial charge on any atom is 0.106 e. The summed E-state index contributed by atoms with van der Waals surface area (Å²) in [6.45, 7) is 7.49. The van der Waals surface area contributed by atoms with Gasteiger partial charge in [-0.25, -0.2) is 0 Å². The molecule has 1 N–H and O–H groups in total. The van der Waals surface area contributed by atoms with Crippen molar-refractivity contribution in [2.24, 2.45) is 0 Å². The van der Waals surface area contributed by atoms with Crippen LogP contribution in [0.5, 0.6) is 0 Å². The van der Waals surface area contributed by atoms with Gasteiger partial charge in [-0.2, -0.15) is 0 Å². The fourth-order valence-electron chi connectivity index (χ4n) is 3.10. The number of hydrogen-bond donors (Lipinski definition) is 1. The van der Waals surface area contributed by atoms with E-state index in [1.165, 1.54) is 16.7 Å². The number of rotatable bonds is 0. The van der Waals surface area contributed by atoms with Crippen LogP contribution in [0.1, 0.15) is 37.0 Å². The van der Waals surface area contributed by atoms with Gasteiger partial charge in [-0.1, -0.05) is 23.8 Å². The molecule has 2 heteroatoms. The van der Waals surface area contributed by atoms with Gasteiger partial charge in [0.05, 0.1) is 6.10 Å². The van der Waals surface area contributed by atoms with E-state index in [2.05, 4.69) is 44.3 Å². The molecule has 2 nitrogen and oxygen atoms in total. The summed E-state index contributed by atoms with van der Waals surface area (Å²) in [4.78, 5) is 0. The Labute approximate surface area is 103 Å². The Morgan fingerprint density at radius 2 is 2.18 bits per heavy atom. The van der Waals surface area contributed by atoms with Crippen LogP contribution in [0.2, 0.25) is 0 Å². The van der Waals surface area contributed by atoms with Crippen LogP contribution in [0.4, 0.5) is 0 Å². The van der Waals surface area contributed by atoms with E-state index in [1.807, 2.05) is 0 Å². The van der Waals surface area contributed by atoms with Crippen molar-refractivity contribution in [3.63, 3.8) is 0 Å². The second-order valence-electron chi connectivity index (χ2n) is 5.65. The Bertz CT molecular complexity index is 443. The van der Waals surface area contributed by atoms with Crippen LogP contribution < -0.4 is 5.32 Å². The summed E-state index contributed by atoms with van der Waals surface area (Å²) >= 11 is 0. The van der Waals surface area contributed by atoms with Crippen LogP contribution in [0.3, 0.4) is 0 Å². The van der Waals surface area contributed by atoms with Crippen molar-refractivity contribution < 1.29 is 4.74 Å². The summed E-state index contributed by atoms with van der Waals surface area (Å²) in [6.07, 6.45) is 2.56. The van der Waals surface area contributed by atoms with Gasteiger partial charge < -0.3 is 10.1 Å². The molecule has 1 aliphatic heterocycles. The number of nitrogens with one attached hydrogen (secondary N) is 1. The highest BCUT2D eigenvalue weighted by molar-refractivity contribution is 5.41. The average Bonchev–Trinajstić information content (AvgIpc) is 2.64. The van der Waals surface area contributed by atoms with Crippen molar-refractivity contribution in [2.75, 3.05) is 6.54 Å². The van der Waals surface area contributed by atoms with Crippen LogP contribution >= 0.6 is 0 Å². The monoisotopic (exact) mass is 231 g/mol. The molecule has 1 spiro atoms. The third kappa shape index (κ3) is 1.71. The van der Waals surface area contributed by atoms with E-state index in [0.717, 1.165) is 19.4 Å². The number of aryl methyl sites for hydroxylation is 2. The first-order valence-electron chi connectivity index (χ1n) is 6.62. The third-order valence-corrected chi connectivity index (χ3v) is 4.38. The number of benzene rings is 1. The van der Waals surface area contributed by atoms with Crippen LogP contribution in [-0.2, 0) is 16.8 Å². The maximum atomic E-state index is 6.37. The lowest BCUT2D eigenvalue weighted by Crippen LogP contribution is -2.54. The first kappa shape index (κ1) is 11.2. The minimum Gasteiger partial charge on any atom is -0.364 e. The number of morpholine rings is 1. The maximum absolute atomic E-state index is 6.37. The summed E-state index contributed by atoms with van der Waals surface area (Å²) in [5, 5.41) is 3.60. The minimum atomic E-state index is -0.0622. The molecule has 17 heavy (non-hydrogen) atoms. The second-order valence-corrected chi connectivity index (χ2v) is 5.65. The van der Waals surface area contributed by atoms with Gasteiger partial charge in [-0.15, -0.1) is 0 Å². The first-order chi connectivity index (χ1) is 8.11. The molecule has 1 aliphatic carbocycles. The standard InChI is InChI=1S/C15H21NO/c1-10-4-5-13-6-7-15(14(13)8-10)9-16-11(2)12(3)17-15/h4-5,8,11-12,16H,6-7,9H2,1-3H3. The summed E-state index contributed by atoms with van der Waals surface area (Å²) in [5.74, 6) is 0. The summed E-state index contributed by atoms with van der Waals surface area (Å²) in [5.41, 5.74) is 4.16. The van der Waals surface area contributed by atoms with E-state index in [-0.39, 0.29) is 11.7 Å². The highest BCUT2D eigenvalue weighted by Gasteiger charge is 2.44. The lowest BCUT2D eigenvalue weighted by atomic mass is 9.91. The number of fused-ring (bicyclic) bond motifs is 2. The van der Waals surface area contributed by atoms with Crippen LogP contribution in [0, 0.1) is 6.92 Å². The Morgan fingerprint density at radius 1 is 1.35 bits per heavy atom. The Kier molecular flexibility index (Phi) is 2.53. The number of hydrogen-bond acceptors (Lipinski definition) is 2. The normalized spacial score (nSPS) is 36.2. The molecule has 92 valence electrons. The molecule has 0 saturated carbocycles. The number of ether oxygens (including phenoxy) is 1. The predicted molar refractivity (Wildman–Crippen MR) is 69.2 cm³/mol. The molecular weight excluding hydrogens is 210 g/mol. The zero-order valence-corrected chi connectivity index (χ0v) is 10.9. The third-order valence-electron chi connectivity index (χ3n) is 4.38. The second kappa shape index (κ2) is 3.82. The molecule has 2 aliphatic rings. The van der Waals surface area contributed by atoms with Gasteiger partial charge in [0, 0.05) is 12.6 Å². The first-order valence-corrected chi connectivity index (χ1v) is 6.62. The smallest absolute Gasteiger partial charge is 0.106 e. The zero-order valence-electron chi connectivity index (χ0n) is 10.9. The van der Waals surface area contributed by atoms with E-state index in [1.54, 1.807) is 0 Å². The molecule has 1 heterocycles. The van der Waals surface area contributed by atoms with Gasteiger partial charge in [0.2, 0.25) is 0 Å². The van der Waals surface area contributed by atoms with E-state index in [9.17, 15) is 0 Å². The van der Waals surface area contributed by atoms with Crippen molar-refractivity contribution in [1.82, 2.24) is 5.32 Å². The Morgan fingerprint density at radius 3 is 2.94 bits per heavy atom. The molecule has 0 radical (unpaired) electrons. The molecule has 3 atom stereocenters. The topological polar surface area (TPSA) is 21.3 Å². The average molecular weight is 231 g/mol. The molecule has 1 fully saturated rings. The molecule has 1 saturated heterocycles. The molecule has 3 unspecified atom stereocenters. The van der Waals surface area contributed by atoms with Crippen molar-refractivity contribution >= 4 is 0 Å². The highest BCUT2D eigenvalue weighted by atomic mass is 16.5. The zero-order chi connectivity index (χ0) is 12.0. The lowest BCUT2D eigenvalue weighted by molar-refractivity contribution is -0.129. The molecule has 3 rings (SSSR count). The van der Waals surface area contributed by atoms with Gasteiger partial charge >= 0.3 is 0 Å². The van der Waals surface area contributed by atoms with E-state index in [4.69, 9.17) is 4.74 Å². The molecule has 1 aromatic carbocycles. The quantitative estimate of drug-likeness (QED) is 0.741. The summed E-state index contributed by atoms with van der Waals surface area (Å²) in [6, 6.07) is 7.24. The van der Waals surface area contributed by atoms with Gasteiger partial charge in [0.15, 0.2) is 0 Å². The summed E-state index contributed by atoms with van der Waals surface area (Å²) in [7, 11) is 0. The van der Waals surface area contributed by atoms with Gasteiger partial charge in [0.1, 0.15) is 5.60 Å². The van der Waals surface area contributed by atoms with Crippen molar-refractivity contribution in [2.45, 2.75) is 51.4 Å². The highest BCUT2D eigenvalue weighted by Crippen LogP contribution is 2.42. The van der Waals surface area contributed by atoms with Crippen molar-refractivity contribution in [3.8, 4) is 0 Å².